The van der Waals surface area contributed by atoms with Crippen molar-refractivity contribution in [1.82, 2.24) is 42.1 Å². The number of benzene rings is 3. The third kappa shape index (κ3) is 23.1. The number of likely N-dealkylation sites (tertiary alicyclic amines) is 1. The minimum absolute atomic E-state index is 0.00187. The van der Waals surface area contributed by atoms with Crippen molar-refractivity contribution in [2.24, 2.45) is 45.3 Å². The van der Waals surface area contributed by atoms with Gasteiger partial charge in [0, 0.05) is 51.7 Å². The fourth-order valence-electron chi connectivity index (χ4n) is 9.17. The van der Waals surface area contributed by atoms with E-state index >= 15 is 0 Å². The molecular formula is C56H79N15O12. The van der Waals surface area contributed by atoms with E-state index in [1.54, 1.807) is 86.6 Å². The molecule has 8 atom stereocenters. The molecule has 20 N–H and O–H groups in total. The monoisotopic (exact) mass is 1150 g/mol. The lowest BCUT2D eigenvalue weighted by atomic mass is 9.99. The molecule has 0 radical (unpaired) electrons. The SMILES string of the molecule is CC(C)C[C@H](NC(=O)[C@H](Cc1ccccc1)NC(=O)[C@H](Cc1ccc(O)cc1)NC(=O)CCN)C(=O)N[C@@H](Cc1ccccc1)C(=O)N[C@@H](CCC(N)=O)C(=O)N1CCC[C@H]1C(=O)N[C@@H](CCCN=C(N)N)C(=O)N[C@@H](CC(N)=O)C(N)=O. The smallest absolute Gasteiger partial charge is 0.245 e. The minimum Gasteiger partial charge on any atom is -0.508 e. The molecule has 0 spiro atoms. The molecule has 3 aromatic carbocycles. The van der Waals surface area contributed by atoms with Gasteiger partial charge in [0.05, 0.1) is 6.42 Å². The van der Waals surface area contributed by atoms with Crippen LogP contribution in [0.4, 0.5) is 0 Å². The van der Waals surface area contributed by atoms with Crippen LogP contribution in [0.5, 0.6) is 5.75 Å². The molecule has 83 heavy (non-hydrogen) atoms. The second-order valence-electron chi connectivity index (χ2n) is 20.6. The topological polar surface area (TPSA) is 464 Å². The second kappa shape index (κ2) is 33.6. The van der Waals surface area contributed by atoms with Gasteiger partial charge in [0.25, 0.3) is 0 Å². The molecule has 0 bridgehead atoms. The van der Waals surface area contributed by atoms with E-state index in [9.17, 15) is 57.8 Å². The van der Waals surface area contributed by atoms with E-state index in [1.165, 1.54) is 17.0 Å². The third-order valence-corrected chi connectivity index (χ3v) is 13.3. The van der Waals surface area contributed by atoms with E-state index in [4.69, 9.17) is 34.4 Å². The van der Waals surface area contributed by atoms with Gasteiger partial charge in [0.2, 0.25) is 65.0 Å². The van der Waals surface area contributed by atoms with E-state index in [1.807, 2.05) is 0 Å². The van der Waals surface area contributed by atoms with Crippen molar-refractivity contribution in [3.05, 3.63) is 102 Å². The third-order valence-electron chi connectivity index (χ3n) is 13.3. The number of amides is 11. The Bertz CT molecular complexity index is 2750. The number of hydrogen-bond acceptors (Lipinski definition) is 14. The standard InChI is InChI=1S/C56H79N15O12/c1-32(2)27-40(68-53(81)43(29-34-13-7-4-8-14-34)70-51(79)41(64-47(75)23-24-57)30-35-17-19-36(72)20-18-35)50(78)69-42(28-33-11-5-3-6-12-33)52(80)66-38(21-22-45(58)73)55(83)71-26-10-16-44(71)54(82)65-37(15-9-25-63-56(61)62)49(77)67-39(48(60)76)31-46(59)74/h3-8,11-14,17-20,32,37-44,72H,9-10,15-16,21-31,57H2,1-2H3,(H2,58,73)(H2,59,74)(H2,60,76)(H,64,75)(H,65,82)(H,66,80)(H,67,77)(H,68,81)(H,69,78)(H,70,79)(H4,61,62,63)/t37-,38-,39-,40-,41-,42-,43-,44-/m0/s1. The van der Waals surface area contributed by atoms with Gasteiger partial charge in [-0.2, -0.15) is 0 Å². The molecule has 4 rings (SSSR count). The largest absolute Gasteiger partial charge is 0.508 e. The lowest BCUT2D eigenvalue weighted by Crippen LogP contribution is -2.61. The fourth-order valence-corrected chi connectivity index (χ4v) is 9.17. The van der Waals surface area contributed by atoms with Crippen molar-refractivity contribution in [3.8, 4) is 5.75 Å². The van der Waals surface area contributed by atoms with Crippen LogP contribution >= 0.6 is 0 Å². The van der Waals surface area contributed by atoms with E-state index in [-0.39, 0.29) is 95.0 Å². The molecule has 27 heteroatoms. The Morgan fingerprint density at radius 2 is 1.05 bits per heavy atom. The molecule has 0 unspecified atom stereocenters. The maximum Gasteiger partial charge on any atom is 0.245 e. The highest BCUT2D eigenvalue weighted by molar-refractivity contribution is 5.99. The van der Waals surface area contributed by atoms with Crippen molar-refractivity contribution in [1.29, 1.82) is 0 Å². The number of hydrogen-bond donors (Lipinski definition) is 14. The first-order chi connectivity index (χ1) is 39.4. The Morgan fingerprint density at radius 3 is 1.54 bits per heavy atom. The van der Waals surface area contributed by atoms with Crippen molar-refractivity contribution in [2.75, 3.05) is 19.6 Å². The van der Waals surface area contributed by atoms with Crippen molar-refractivity contribution in [2.45, 2.75) is 139 Å². The van der Waals surface area contributed by atoms with E-state index in [0.29, 0.717) is 23.1 Å². The summed E-state index contributed by atoms with van der Waals surface area (Å²) in [4.78, 5) is 154. The summed E-state index contributed by atoms with van der Waals surface area (Å²) in [6.45, 7) is 3.65. The Hall–Kier alpha value is -9.14. The van der Waals surface area contributed by atoms with E-state index in [2.05, 4.69) is 42.2 Å². The number of phenolic OH excluding ortho intramolecular Hbond substituents is 1. The van der Waals surface area contributed by atoms with Gasteiger partial charge in [-0.25, -0.2) is 0 Å². The quantitative estimate of drug-likeness (QED) is 0.0160. The summed E-state index contributed by atoms with van der Waals surface area (Å²) in [6, 6.07) is 12.4. The number of phenols is 1. The maximum atomic E-state index is 14.7. The zero-order chi connectivity index (χ0) is 61.2. The van der Waals surface area contributed by atoms with Crippen LogP contribution in [0.15, 0.2) is 89.9 Å². The number of nitrogens with one attached hydrogen (secondary N) is 7. The zero-order valence-corrected chi connectivity index (χ0v) is 46.7. The summed E-state index contributed by atoms with van der Waals surface area (Å²) in [5.41, 5.74) is 34.5. The van der Waals surface area contributed by atoms with Crippen LogP contribution in [0.3, 0.4) is 0 Å². The predicted octanol–water partition coefficient (Wildman–Crippen LogP) is -3.12. The first-order valence-corrected chi connectivity index (χ1v) is 27.3. The highest BCUT2D eigenvalue weighted by Crippen LogP contribution is 2.21. The molecule has 1 heterocycles. The highest BCUT2D eigenvalue weighted by atomic mass is 16.3. The molecule has 1 fully saturated rings. The molecule has 450 valence electrons. The fraction of sp³-hybridized carbons (Fsp3) is 0.464. The van der Waals surface area contributed by atoms with Crippen molar-refractivity contribution in [3.63, 3.8) is 0 Å². The first-order valence-electron chi connectivity index (χ1n) is 27.3. The summed E-state index contributed by atoms with van der Waals surface area (Å²) < 4.78 is 0. The van der Waals surface area contributed by atoms with Crippen LogP contribution in [0.2, 0.25) is 0 Å². The number of guanidine groups is 1. The predicted molar refractivity (Wildman–Crippen MR) is 305 cm³/mol. The Morgan fingerprint density at radius 1 is 0.566 bits per heavy atom. The van der Waals surface area contributed by atoms with Gasteiger partial charge in [-0.1, -0.05) is 86.6 Å². The maximum absolute atomic E-state index is 14.7. The minimum atomic E-state index is -1.52. The molecule has 1 saturated heterocycles. The van der Waals surface area contributed by atoms with Crippen LogP contribution < -0.4 is 71.6 Å². The zero-order valence-electron chi connectivity index (χ0n) is 46.7. The summed E-state index contributed by atoms with van der Waals surface area (Å²) in [6.07, 6.45) is -1.20. The van der Waals surface area contributed by atoms with Crippen molar-refractivity contribution < 1.29 is 57.8 Å². The molecule has 0 aliphatic carbocycles. The number of nitrogens with zero attached hydrogens (tertiary/aromatic N) is 2. The van der Waals surface area contributed by atoms with Gasteiger partial charge in [0.15, 0.2) is 5.96 Å². The van der Waals surface area contributed by atoms with Gasteiger partial charge in [-0.05, 0) is 73.3 Å². The number of nitrogens with two attached hydrogens (primary N) is 6. The number of carbonyl (C=O) groups is 11. The Labute approximate surface area is 481 Å². The molecular weight excluding hydrogens is 1070 g/mol. The number of aromatic hydroxyl groups is 1. The number of primary amides is 3. The number of aliphatic imine (C=N–C) groups is 1. The van der Waals surface area contributed by atoms with E-state index < -0.39 is 126 Å². The average molecular weight is 1150 g/mol. The molecule has 1 aliphatic heterocycles. The highest BCUT2D eigenvalue weighted by Gasteiger charge is 2.41. The van der Waals surface area contributed by atoms with E-state index in [0.717, 1.165) is 0 Å². The van der Waals surface area contributed by atoms with Crippen LogP contribution in [0, 0.1) is 5.92 Å². The second-order valence-corrected chi connectivity index (χ2v) is 20.6. The molecule has 27 nitrogen and oxygen atoms in total. The number of carbonyl (C=O) groups excluding carboxylic acids is 11. The molecule has 0 aromatic heterocycles. The Balaban J connectivity index is 1.63. The molecule has 1 aliphatic rings. The van der Waals surface area contributed by atoms with Crippen LogP contribution in [0.25, 0.3) is 0 Å². The molecule has 0 saturated carbocycles. The normalized spacial score (nSPS) is 15.3. The van der Waals surface area contributed by atoms with Gasteiger partial charge < -0.3 is 81.6 Å². The van der Waals surface area contributed by atoms with Crippen molar-refractivity contribution >= 4 is 70.9 Å². The average Bonchev–Trinajstić information content (AvgIpc) is 4.23. The summed E-state index contributed by atoms with van der Waals surface area (Å²) in [5.74, 6) is -9.53. The van der Waals surface area contributed by atoms with Gasteiger partial charge in [-0.15, -0.1) is 0 Å². The van der Waals surface area contributed by atoms with Crippen LogP contribution in [-0.4, -0.2) is 149 Å². The first kappa shape index (κ1) is 66.4. The summed E-state index contributed by atoms with van der Waals surface area (Å²) in [5, 5.41) is 28.5. The summed E-state index contributed by atoms with van der Waals surface area (Å²) >= 11 is 0. The van der Waals surface area contributed by atoms with Gasteiger partial charge in [0.1, 0.15) is 54.1 Å². The van der Waals surface area contributed by atoms with Crippen LogP contribution in [-0.2, 0) is 72.0 Å². The molecule has 11 amide bonds. The molecule has 3 aromatic rings. The number of rotatable bonds is 34. The summed E-state index contributed by atoms with van der Waals surface area (Å²) in [7, 11) is 0. The van der Waals surface area contributed by atoms with Gasteiger partial charge in [-0.3, -0.25) is 57.7 Å². The Kier molecular flexibility index (Phi) is 26.8. The lowest BCUT2D eigenvalue weighted by molar-refractivity contribution is -0.143. The lowest BCUT2D eigenvalue weighted by Gasteiger charge is -2.31. The van der Waals surface area contributed by atoms with Crippen LogP contribution in [0.1, 0.15) is 88.3 Å². The van der Waals surface area contributed by atoms with Gasteiger partial charge >= 0.3 is 0 Å².